The van der Waals surface area contributed by atoms with Gasteiger partial charge < -0.3 is 64.4 Å². The second kappa shape index (κ2) is 25.8. The third kappa shape index (κ3) is 20.6. The van der Waals surface area contributed by atoms with Crippen LogP contribution in [0.15, 0.2) is 0 Å². The Morgan fingerprint density at radius 1 is 0.596 bits per heavy atom. The Labute approximate surface area is 302 Å². The number of carboxylic acid groups (broad SMARTS) is 3. The van der Waals surface area contributed by atoms with E-state index in [1.807, 2.05) is 0 Å². The van der Waals surface area contributed by atoms with Gasteiger partial charge in [-0.3, -0.25) is 43.2 Å². The van der Waals surface area contributed by atoms with Gasteiger partial charge in [-0.15, -0.1) is 0 Å². The summed E-state index contributed by atoms with van der Waals surface area (Å²) >= 11 is 1.36. The monoisotopic (exact) mass is 763 g/mol. The van der Waals surface area contributed by atoms with E-state index in [0.29, 0.717) is 12.2 Å². The van der Waals surface area contributed by atoms with Crippen molar-refractivity contribution in [1.82, 2.24) is 31.9 Å². The van der Waals surface area contributed by atoms with Gasteiger partial charge in [0.2, 0.25) is 41.4 Å². The van der Waals surface area contributed by atoms with E-state index >= 15 is 0 Å². The largest absolute Gasteiger partial charge is 0.481 e. The first-order valence-corrected chi connectivity index (χ1v) is 17.5. The summed E-state index contributed by atoms with van der Waals surface area (Å²) in [4.78, 5) is 122. The van der Waals surface area contributed by atoms with Gasteiger partial charge in [0.1, 0.15) is 30.2 Å². The van der Waals surface area contributed by atoms with Crippen LogP contribution in [0.2, 0.25) is 0 Å². The van der Waals surface area contributed by atoms with E-state index in [1.54, 1.807) is 6.26 Å². The van der Waals surface area contributed by atoms with Crippen LogP contribution in [0.1, 0.15) is 57.8 Å². The number of hydrogen-bond donors (Lipinski definition) is 12. The molecule has 0 aliphatic rings. The number of nitrogens with two attached hydrogens (primary N) is 3. The molecule has 0 aromatic rings. The Balaban J connectivity index is 6.01. The molecule has 0 aromatic carbocycles. The molecule has 0 heterocycles. The predicted octanol–water partition coefficient (Wildman–Crippen LogP) is -4.94. The van der Waals surface area contributed by atoms with Crippen molar-refractivity contribution in [2.45, 2.75) is 88.0 Å². The van der Waals surface area contributed by atoms with Crippen molar-refractivity contribution in [1.29, 1.82) is 0 Å². The van der Waals surface area contributed by atoms with Crippen LogP contribution < -0.4 is 49.1 Å². The van der Waals surface area contributed by atoms with E-state index in [1.165, 1.54) is 11.8 Å². The summed E-state index contributed by atoms with van der Waals surface area (Å²) in [6.45, 7) is -0.987. The topological polar surface area (TPSA) is 382 Å². The molecule has 0 saturated carbocycles. The molecular weight excluding hydrogens is 714 g/mol. The highest BCUT2D eigenvalue weighted by Gasteiger charge is 2.32. The average molecular weight is 764 g/mol. The molecule has 52 heavy (non-hydrogen) atoms. The third-order valence-electron chi connectivity index (χ3n) is 7.05. The third-order valence-corrected chi connectivity index (χ3v) is 7.69. The molecule has 23 heteroatoms. The van der Waals surface area contributed by atoms with Crippen molar-refractivity contribution in [3.8, 4) is 0 Å². The van der Waals surface area contributed by atoms with Gasteiger partial charge in [0.15, 0.2) is 0 Å². The van der Waals surface area contributed by atoms with Crippen LogP contribution in [-0.2, 0) is 47.9 Å². The van der Waals surface area contributed by atoms with Gasteiger partial charge in [-0.25, -0.2) is 4.79 Å². The number of primary amides is 1. The van der Waals surface area contributed by atoms with Crippen molar-refractivity contribution in [2.75, 3.05) is 31.6 Å². The summed E-state index contributed by atoms with van der Waals surface area (Å²) in [6.07, 6.45) is -0.390. The van der Waals surface area contributed by atoms with Crippen LogP contribution in [-0.4, -0.2) is 136 Å². The zero-order valence-corrected chi connectivity index (χ0v) is 29.5. The maximum absolute atomic E-state index is 13.4. The molecule has 0 bridgehead atoms. The zero-order valence-electron chi connectivity index (χ0n) is 28.6. The number of thioether (sulfide) groups is 1. The number of nitrogens with one attached hydrogen (secondary N) is 6. The Hall–Kier alpha value is -5.03. The highest BCUT2D eigenvalue weighted by atomic mass is 32.2. The number of aliphatic carboxylic acids is 3. The first-order valence-electron chi connectivity index (χ1n) is 16.1. The lowest BCUT2D eigenvalue weighted by atomic mass is 10.0. The molecule has 0 radical (unpaired) electrons. The summed E-state index contributed by atoms with van der Waals surface area (Å²) in [5.74, 6) is -10.4. The molecule has 0 aromatic heterocycles. The van der Waals surface area contributed by atoms with Crippen molar-refractivity contribution in [2.24, 2.45) is 17.2 Å². The van der Waals surface area contributed by atoms with Crippen LogP contribution in [0.5, 0.6) is 0 Å². The van der Waals surface area contributed by atoms with Gasteiger partial charge >= 0.3 is 17.9 Å². The second-order valence-corrected chi connectivity index (χ2v) is 12.3. The lowest BCUT2D eigenvalue weighted by Crippen LogP contribution is -2.59. The summed E-state index contributed by atoms with van der Waals surface area (Å²) in [7, 11) is 0. The quantitative estimate of drug-likeness (QED) is 0.0332. The average Bonchev–Trinajstić information content (AvgIpc) is 3.07. The second-order valence-electron chi connectivity index (χ2n) is 11.3. The fourth-order valence-electron chi connectivity index (χ4n) is 4.34. The van der Waals surface area contributed by atoms with E-state index in [-0.39, 0.29) is 25.8 Å². The molecule has 0 aliphatic carbocycles. The first kappa shape index (κ1) is 47.0. The minimum Gasteiger partial charge on any atom is -0.481 e. The predicted molar refractivity (Wildman–Crippen MR) is 183 cm³/mol. The van der Waals surface area contributed by atoms with Crippen LogP contribution in [0.3, 0.4) is 0 Å². The van der Waals surface area contributed by atoms with Crippen molar-refractivity contribution >= 4 is 71.0 Å². The fourth-order valence-corrected chi connectivity index (χ4v) is 4.82. The first-order chi connectivity index (χ1) is 24.4. The number of hydrogen-bond acceptors (Lipinski definition) is 13. The van der Waals surface area contributed by atoms with Crippen LogP contribution in [0.4, 0.5) is 0 Å². The maximum atomic E-state index is 13.4. The molecule has 0 unspecified atom stereocenters. The smallest absolute Gasteiger partial charge is 0.326 e. The molecule has 0 aliphatic heterocycles. The highest BCUT2D eigenvalue weighted by Crippen LogP contribution is 2.07. The van der Waals surface area contributed by atoms with Crippen LogP contribution in [0, 0.1) is 0 Å². The highest BCUT2D eigenvalue weighted by molar-refractivity contribution is 7.98. The SMILES string of the molecule is CSCC[C@H](NC(=O)CN)C(=O)N[C@@H](CC(N)=O)C(=O)N[C@@H](CCC(=O)O)C(=O)N[C@@H](CCCCN)C(=O)NCC(=O)N[C@@H](CCC(=O)O)C(=O)O. The summed E-state index contributed by atoms with van der Waals surface area (Å²) in [5, 5.41) is 41.0. The Kier molecular flexibility index (Phi) is 23.3. The van der Waals surface area contributed by atoms with E-state index < -0.39 is 135 Å². The van der Waals surface area contributed by atoms with Crippen molar-refractivity contribution in [3.63, 3.8) is 0 Å². The van der Waals surface area contributed by atoms with Gasteiger partial charge in [0.25, 0.3) is 0 Å². The van der Waals surface area contributed by atoms with E-state index in [0.717, 1.165) is 0 Å². The lowest BCUT2D eigenvalue weighted by Gasteiger charge is -2.26. The van der Waals surface area contributed by atoms with E-state index in [9.17, 15) is 58.2 Å². The number of amides is 7. The Morgan fingerprint density at radius 3 is 1.56 bits per heavy atom. The summed E-state index contributed by atoms with van der Waals surface area (Å²) in [5.41, 5.74) is 16.1. The molecule has 0 spiro atoms. The number of unbranched alkanes of at least 4 members (excludes halogenated alkanes) is 1. The van der Waals surface area contributed by atoms with Gasteiger partial charge in [-0.2, -0.15) is 11.8 Å². The molecule has 15 N–H and O–H groups in total. The molecule has 7 amide bonds. The van der Waals surface area contributed by atoms with E-state index in [4.69, 9.17) is 22.3 Å². The standard InChI is InChI=1S/C29H49N9O13S/c1-52-11-9-17(34-21(40)13-31)27(48)38-19(12-20(32)39)28(49)37-16(5-7-23(42)43)26(47)36-15(4-2-3-10-30)25(46)33-14-22(41)35-18(29(50)51)6-8-24(44)45/h15-19H,2-14,30-31H2,1H3,(H2,32,39)(H,33,46)(H,34,40)(H,35,41)(H,36,47)(H,37,49)(H,38,48)(H,42,43)(H,44,45)(H,50,51)/t15-,16-,17-,18-,19-/m0/s1. The van der Waals surface area contributed by atoms with Gasteiger partial charge in [-0.1, -0.05) is 0 Å². The Morgan fingerprint density at radius 2 is 1.08 bits per heavy atom. The zero-order chi connectivity index (χ0) is 39.8. The molecule has 0 rings (SSSR count). The molecule has 0 saturated heterocycles. The molecule has 0 fully saturated rings. The molecule has 5 atom stereocenters. The lowest BCUT2D eigenvalue weighted by molar-refractivity contribution is -0.143. The molecule has 22 nitrogen and oxygen atoms in total. The number of carboxylic acids is 3. The normalized spacial score (nSPS) is 13.5. The fraction of sp³-hybridized carbons (Fsp3) is 0.655. The van der Waals surface area contributed by atoms with Crippen LogP contribution in [0.25, 0.3) is 0 Å². The summed E-state index contributed by atoms with van der Waals surface area (Å²) in [6, 6.07) is -7.41. The number of carbonyl (C=O) groups excluding carboxylic acids is 7. The summed E-state index contributed by atoms with van der Waals surface area (Å²) < 4.78 is 0. The van der Waals surface area contributed by atoms with Crippen molar-refractivity contribution in [3.05, 3.63) is 0 Å². The van der Waals surface area contributed by atoms with Crippen LogP contribution >= 0.6 is 11.8 Å². The van der Waals surface area contributed by atoms with Crippen molar-refractivity contribution < 1.29 is 63.3 Å². The molecule has 294 valence electrons. The van der Waals surface area contributed by atoms with Gasteiger partial charge in [0, 0.05) is 12.8 Å². The maximum Gasteiger partial charge on any atom is 0.326 e. The van der Waals surface area contributed by atoms with Gasteiger partial charge in [-0.05, 0) is 57.1 Å². The van der Waals surface area contributed by atoms with Gasteiger partial charge in [0.05, 0.1) is 19.5 Å². The number of carbonyl (C=O) groups is 10. The number of rotatable bonds is 28. The minimum absolute atomic E-state index is 0.0430. The Bertz CT molecular complexity index is 1290. The van der Waals surface area contributed by atoms with E-state index in [2.05, 4.69) is 31.9 Å². The molecular formula is C29H49N9O13S. The minimum atomic E-state index is -1.68.